The summed E-state index contributed by atoms with van der Waals surface area (Å²) in [7, 11) is 0. The Bertz CT molecular complexity index is 1160. The van der Waals surface area contributed by atoms with Crippen molar-refractivity contribution in [2.75, 3.05) is 0 Å². The van der Waals surface area contributed by atoms with E-state index in [-0.39, 0.29) is 5.56 Å². The summed E-state index contributed by atoms with van der Waals surface area (Å²) in [4.78, 5) is 15.7. The summed E-state index contributed by atoms with van der Waals surface area (Å²) in [5, 5.41) is 5.40. The molecule has 0 aliphatic carbocycles. The molecule has 0 saturated carbocycles. The minimum Gasteiger partial charge on any atom is -0.356 e. The minimum atomic E-state index is -0.220. The maximum Gasteiger partial charge on any atom is 0.260 e. The number of aryl methyl sites for hydroxylation is 2. The van der Waals surface area contributed by atoms with Crippen molar-refractivity contribution in [2.45, 2.75) is 13.8 Å². The second kappa shape index (κ2) is 5.90. The van der Waals surface area contributed by atoms with E-state index in [9.17, 15) is 4.79 Å². The summed E-state index contributed by atoms with van der Waals surface area (Å²) < 4.78 is 5.40. The van der Waals surface area contributed by atoms with Gasteiger partial charge >= 0.3 is 0 Å². The molecule has 0 radical (unpaired) electrons. The normalized spacial score (nSPS) is 11.2. The number of aromatic nitrogens is 2. The van der Waals surface area contributed by atoms with Crippen LogP contribution in [0, 0.1) is 13.8 Å². The highest BCUT2D eigenvalue weighted by Gasteiger charge is 2.19. The second-order valence-corrected chi connectivity index (χ2v) is 6.53. The summed E-state index contributed by atoms with van der Waals surface area (Å²) in [5.74, 6) is 0.442. The fourth-order valence-corrected chi connectivity index (χ4v) is 3.25. The molecule has 0 unspecified atom stereocenters. The Labute approximate surface area is 149 Å². The lowest BCUT2D eigenvalue weighted by atomic mass is 9.94. The Morgan fingerprint density at radius 1 is 1.04 bits per heavy atom. The average molecular weight is 351 g/mol. The molecule has 2 aromatic heterocycles. The van der Waals surface area contributed by atoms with E-state index < -0.39 is 0 Å². The molecule has 0 atom stereocenters. The Morgan fingerprint density at radius 3 is 2.60 bits per heavy atom. The van der Waals surface area contributed by atoms with Crippen LogP contribution in [-0.4, -0.2) is 10.1 Å². The van der Waals surface area contributed by atoms with Gasteiger partial charge in [-0.25, -0.2) is 0 Å². The molecule has 0 bridgehead atoms. The third-order valence-corrected chi connectivity index (χ3v) is 4.39. The summed E-state index contributed by atoms with van der Waals surface area (Å²) in [6, 6.07) is 15.2. The number of halogens is 1. The van der Waals surface area contributed by atoms with E-state index in [0.717, 1.165) is 33.3 Å². The predicted molar refractivity (Wildman–Crippen MR) is 100.0 cm³/mol. The Morgan fingerprint density at radius 2 is 1.88 bits per heavy atom. The van der Waals surface area contributed by atoms with E-state index in [2.05, 4.69) is 10.1 Å². The fourth-order valence-electron chi connectivity index (χ4n) is 3.08. The number of nitrogens with zero attached hydrogens (tertiary/aromatic N) is 1. The number of hydrogen-bond acceptors (Lipinski definition) is 3. The van der Waals surface area contributed by atoms with Crippen molar-refractivity contribution in [1.82, 2.24) is 10.1 Å². The molecule has 0 amide bonds. The van der Waals surface area contributed by atoms with Gasteiger partial charge in [0, 0.05) is 27.6 Å². The van der Waals surface area contributed by atoms with Crippen molar-refractivity contribution in [3.8, 4) is 22.5 Å². The summed E-state index contributed by atoms with van der Waals surface area (Å²) in [6.07, 6.45) is 0. The molecule has 0 aliphatic heterocycles. The lowest BCUT2D eigenvalue weighted by Crippen LogP contribution is -2.11. The molecule has 5 heteroatoms. The van der Waals surface area contributed by atoms with Crippen LogP contribution in [0.15, 0.2) is 57.8 Å². The number of hydrogen-bond donors (Lipinski definition) is 1. The highest BCUT2D eigenvalue weighted by atomic mass is 35.5. The first-order valence-electron chi connectivity index (χ1n) is 7.89. The maximum atomic E-state index is 12.8. The predicted octanol–water partition coefficient (Wildman–Crippen LogP) is 5.12. The van der Waals surface area contributed by atoms with Crippen molar-refractivity contribution < 1.29 is 4.52 Å². The second-order valence-electron chi connectivity index (χ2n) is 6.10. The van der Waals surface area contributed by atoms with Gasteiger partial charge in [0.2, 0.25) is 0 Å². The van der Waals surface area contributed by atoms with E-state index in [1.165, 1.54) is 0 Å². The van der Waals surface area contributed by atoms with Crippen LogP contribution < -0.4 is 5.56 Å². The van der Waals surface area contributed by atoms with E-state index in [1.54, 1.807) is 12.1 Å². The topological polar surface area (TPSA) is 58.9 Å². The van der Waals surface area contributed by atoms with Crippen LogP contribution in [0.25, 0.3) is 33.4 Å². The monoisotopic (exact) mass is 350 g/mol. The van der Waals surface area contributed by atoms with E-state index in [4.69, 9.17) is 16.1 Å². The average Bonchev–Trinajstić information content (AvgIpc) is 3.00. The molecule has 4 rings (SSSR count). The molecular weight excluding hydrogens is 336 g/mol. The van der Waals surface area contributed by atoms with Crippen LogP contribution in [0.4, 0.5) is 0 Å². The van der Waals surface area contributed by atoms with Gasteiger partial charge in [-0.1, -0.05) is 46.6 Å². The first-order valence-corrected chi connectivity index (χ1v) is 8.27. The number of nitrogens with one attached hydrogen (secondary N) is 1. The number of pyridine rings is 1. The highest BCUT2D eigenvalue weighted by Crippen LogP contribution is 2.36. The maximum absolute atomic E-state index is 12.8. The lowest BCUT2D eigenvalue weighted by Gasteiger charge is -2.12. The Kier molecular flexibility index (Phi) is 3.70. The molecule has 2 heterocycles. The standard InChI is InChI=1S/C20H15ClN2O2/c1-11-4-3-5-13(8-11)18-15-10-14(21)6-7-16(15)22-20(24)19(18)17-9-12(2)23-25-17/h3-10H,1-2H3,(H,22,24). The summed E-state index contributed by atoms with van der Waals surface area (Å²) in [5.41, 5.74) is 4.52. The van der Waals surface area contributed by atoms with E-state index in [0.29, 0.717) is 16.3 Å². The molecule has 0 aliphatic rings. The molecule has 1 N–H and O–H groups in total. The van der Waals surface area contributed by atoms with Gasteiger partial charge in [0.05, 0.1) is 11.3 Å². The van der Waals surface area contributed by atoms with Gasteiger partial charge in [0.1, 0.15) is 0 Å². The SMILES string of the molecule is Cc1cccc(-c2c(-c3cc(C)no3)c(=O)[nH]c3ccc(Cl)cc23)c1. The van der Waals surface area contributed by atoms with Gasteiger partial charge in [-0.05, 0) is 37.6 Å². The molecule has 0 fully saturated rings. The highest BCUT2D eigenvalue weighted by molar-refractivity contribution is 6.31. The van der Waals surface area contributed by atoms with Crippen molar-refractivity contribution in [3.63, 3.8) is 0 Å². The first kappa shape index (κ1) is 15.7. The zero-order valence-electron chi connectivity index (χ0n) is 13.8. The van der Waals surface area contributed by atoms with Gasteiger partial charge in [0.25, 0.3) is 5.56 Å². The van der Waals surface area contributed by atoms with Gasteiger partial charge in [0.15, 0.2) is 5.76 Å². The van der Waals surface area contributed by atoms with Crippen LogP contribution >= 0.6 is 11.6 Å². The Hall–Kier alpha value is -2.85. The molecule has 4 nitrogen and oxygen atoms in total. The quantitative estimate of drug-likeness (QED) is 0.545. The van der Waals surface area contributed by atoms with Gasteiger partial charge < -0.3 is 9.51 Å². The van der Waals surface area contributed by atoms with Crippen LogP contribution in [0.5, 0.6) is 0 Å². The lowest BCUT2D eigenvalue weighted by molar-refractivity contribution is 0.427. The zero-order valence-corrected chi connectivity index (χ0v) is 14.5. The molecular formula is C20H15ClN2O2. The largest absolute Gasteiger partial charge is 0.356 e. The number of rotatable bonds is 2. The van der Waals surface area contributed by atoms with Crippen LogP contribution in [0.3, 0.4) is 0 Å². The molecule has 25 heavy (non-hydrogen) atoms. The van der Waals surface area contributed by atoms with Crippen LogP contribution in [-0.2, 0) is 0 Å². The van der Waals surface area contributed by atoms with Gasteiger partial charge in [-0.15, -0.1) is 0 Å². The number of benzene rings is 2. The van der Waals surface area contributed by atoms with E-state index in [1.807, 2.05) is 50.2 Å². The van der Waals surface area contributed by atoms with Crippen LogP contribution in [0.1, 0.15) is 11.3 Å². The van der Waals surface area contributed by atoms with Crippen molar-refractivity contribution in [1.29, 1.82) is 0 Å². The van der Waals surface area contributed by atoms with Crippen molar-refractivity contribution in [2.24, 2.45) is 0 Å². The number of aromatic amines is 1. The first-order chi connectivity index (χ1) is 12.0. The zero-order chi connectivity index (χ0) is 17.6. The molecule has 124 valence electrons. The third-order valence-electron chi connectivity index (χ3n) is 4.16. The summed E-state index contributed by atoms with van der Waals surface area (Å²) >= 11 is 6.22. The van der Waals surface area contributed by atoms with Crippen molar-refractivity contribution >= 4 is 22.5 Å². The third kappa shape index (κ3) is 2.75. The minimum absolute atomic E-state index is 0.220. The van der Waals surface area contributed by atoms with Crippen LogP contribution in [0.2, 0.25) is 5.02 Å². The molecule has 2 aromatic carbocycles. The number of fused-ring (bicyclic) bond motifs is 1. The summed E-state index contributed by atoms with van der Waals surface area (Å²) in [6.45, 7) is 3.84. The van der Waals surface area contributed by atoms with Crippen molar-refractivity contribution in [3.05, 3.63) is 75.2 Å². The fraction of sp³-hybridized carbons (Fsp3) is 0.100. The van der Waals surface area contributed by atoms with E-state index >= 15 is 0 Å². The van der Waals surface area contributed by atoms with Gasteiger partial charge in [-0.2, -0.15) is 0 Å². The molecule has 4 aromatic rings. The molecule has 0 spiro atoms. The molecule has 0 saturated heterocycles. The van der Waals surface area contributed by atoms with Gasteiger partial charge in [-0.3, -0.25) is 4.79 Å². The smallest absolute Gasteiger partial charge is 0.260 e. The Balaban J connectivity index is 2.18. The number of H-pyrrole nitrogens is 1.